The number of fused-ring (bicyclic) bond motifs is 11. The second-order valence-corrected chi connectivity index (χ2v) is 42.6. The SMILES string of the molecule is CC(N(C1=C2NC=CC=C2CCC1)[C]12[CH]3[CH]4[CH]5[CH]1[Fe]45321678[CH]2[CH]1[CH]6[CH]7[CH]28)P(c1ccccc1)c1ccccc1. The topological polar surface area (TPSA) is 15.3 Å². The Kier molecular flexibility index (Phi) is 1.32. The molecule has 1 N–H and O–H groups in total. The first-order valence-electron chi connectivity index (χ1n) is 14.8. The predicted octanol–water partition coefficient (Wildman–Crippen LogP) is 7.50. The average Bonchev–Trinajstić information content (AvgIpc) is 3.89. The number of benzene rings is 2. The quantitative estimate of drug-likeness (QED) is 0.299. The summed E-state index contributed by atoms with van der Waals surface area (Å²) in [7, 11) is -0.468. The molecule has 10 fully saturated rings. The van der Waals surface area contributed by atoms with E-state index >= 15 is 0 Å². The molecular formula is C33H33FeN2P. The van der Waals surface area contributed by atoms with E-state index in [0.29, 0.717) is 5.78 Å². The second kappa shape index (κ2) is 2.75. The van der Waals surface area contributed by atoms with Crippen LogP contribution >= 0.6 is 7.92 Å². The van der Waals surface area contributed by atoms with E-state index in [1.54, 1.807) is 21.9 Å². The third-order valence-corrected chi connectivity index (χ3v) is 65.0. The maximum atomic E-state index is 3.84. The van der Waals surface area contributed by atoms with E-state index in [9.17, 15) is 0 Å². The van der Waals surface area contributed by atoms with Gasteiger partial charge in [0.25, 0.3) is 0 Å². The molecule has 4 heteroatoms. The van der Waals surface area contributed by atoms with Crippen LogP contribution in [0.4, 0.5) is 0 Å². The van der Waals surface area contributed by atoms with E-state index in [-0.39, 0.29) is 0 Å². The molecule has 0 radical (unpaired) electrons. The van der Waals surface area contributed by atoms with Crippen molar-refractivity contribution < 1.29 is 6.51 Å². The van der Waals surface area contributed by atoms with Crippen LogP contribution in [0.3, 0.4) is 0 Å². The van der Waals surface area contributed by atoms with Crippen molar-refractivity contribution in [2.24, 2.45) is 0 Å². The summed E-state index contributed by atoms with van der Waals surface area (Å²) >= 11 is 0. The van der Waals surface area contributed by atoms with Gasteiger partial charge < -0.3 is 0 Å². The van der Waals surface area contributed by atoms with E-state index in [0.717, 1.165) is 4.44 Å². The zero-order valence-electron chi connectivity index (χ0n) is 21.1. The third kappa shape index (κ3) is 0.472. The van der Waals surface area contributed by atoms with Crippen LogP contribution in [-0.4, -0.2) is 15.1 Å². The first kappa shape index (κ1) is 17.7. The molecule has 14 rings (SSSR count). The number of hydrogen-bond donors (Lipinski definition) is 1. The molecule has 188 valence electrons. The molecule has 2 nitrogen and oxygen atoms in total. The van der Waals surface area contributed by atoms with Crippen molar-refractivity contribution in [2.75, 3.05) is 0 Å². The van der Waals surface area contributed by atoms with Crippen LogP contribution in [0.1, 0.15) is 26.2 Å². The fourth-order valence-corrected chi connectivity index (χ4v) is 97.6. The van der Waals surface area contributed by atoms with Crippen LogP contribution in [-0.2, 0) is 6.51 Å². The molecular weight excluding hydrogens is 511 g/mol. The van der Waals surface area contributed by atoms with Gasteiger partial charge in [-0.15, -0.1) is 0 Å². The molecule has 5 atom stereocenters. The number of dihydropyridines is 1. The van der Waals surface area contributed by atoms with Gasteiger partial charge in [-0.1, -0.05) is 0 Å². The molecule has 5 unspecified atom stereocenters. The summed E-state index contributed by atoms with van der Waals surface area (Å²) in [6.45, 7) is -0.736. The Labute approximate surface area is 210 Å². The monoisotopic (exact) mass is 544 g/mol. The summed E-state index contributed by atoms with van der Waals surface area (Å²) in [5.41, 5.74) is 4.85. The molecule has 2 aromatic rings. The van der Waals surface area contributed by atoms with E-state index in [2.05, 4.69) is 96.2 Å². The number of allylic oxidation sites excluding steroid dienone is 4. The normalized spacial score (nSPS) is 65.6. The van der Waals surface area contributed by atoms with E-state index in [1.807, 2.05) is 0 Å². The summed E-state index contributed by atoms with van der Waals surface area (Å²) in [6.07, 6.45) is 10.7. The van der Waals surface area contributed by atoms with Crippen molar-refractivity contribution in [2.45, 2.75) is 79.8 Å². The Morgan fingerprint density at radius 3 is 1.95 bits per heavy atom. The summed E-state index contributed by atoms with van der Waals surface area (Å²) < 4.78 is 0.719. The first-order chi connectivity index (χ1) is 18.0. The van der Waals surface area contributed by atoms with Crippen molar-refractivity contribution in [3.05, 3.63) is 96.0 Å². The molecule has 11 aliphatic heterocycles. The number of nitrogens with zero attached hydrogens (tertiary/aromatic N) is 1. The van der Waals surface area contributed by atoms with Crippen LogP contribution in [0.15, 0.2) is 96.0 Å². The number of hydrogen-bond acceptors (Lipinski definition) is 2. The number of nitrogens with one attached hydrogen (secondary N) is 1. The molecule has 2 aromatic carbocycles. The minimum absolute atomic E-state index is 0.468. The maximum absolute atomic E-state index is 3.84. The van der Waals surface area contributed by atoms with Crippen molar-refractivity contribution in [1.82, 2.24) is 10.2 Å². The van der Waals surface area contributed by atoms with Gasteiger partial charge in [-0.25, -0.2) is 0 Å². The second-order valence-electron chi connectivity index (χ2n) is 16.6. The minimum atomic E-state index is -3.42. The van der Waals surface area contributed by atoms with Gasteiger partial charge in [-0.2, -0.15) is 0 Å². The molecule has 0 bridgehead atoms. The Morgan fingerprint density at radius 1 is 0.838 bits per heavy atom. The van der Waals surface area contributed by atoms with Gasteiger partial charge in [0.15, 0.2) is 0 Å². The van der Waals surface area contributed by atoms with Gasteiger partial charge in [-0.3, -0.25) is 0 Å². The molecule has 0 amide bonds. The summed E-state index contributed by atoms with van der Waals surface area (Å²) in [4.78, 5) is 15.3. The van der Waals surface area contributed by atoms with E-state index in [1.165, 1.54) is 68.3 Å². The number of rotatable bonds is 6. The fraction of sp³-hybridized carbons (Fsp3) is 0.455. The van der Waals surface area contributed by atoms with Gasteiger partial charge in [0.05, 0.1) is 0 Å². The van der Waals surface area contributed by atoms with Gasteiger partial charge in [-0.05, 0) is 0 Å². The van der Waals surface area contributed by atoms with Crippen LogP contribution in [0.2, 0.25) is 43.3 Å². The molecule has 37 heavy (non-hydrogen) atoms. The Hall–Kier alpha value is -1.79. The van der Waals surface area contributed by atoms with Crippen LogP contribution in [0.5, 0.6) is 0 Å². The van der Waals surface area contributed by atoms with Crippen LogP contribution < -0.4 is 15.9 Å². The van der Waals surface area contributed by atoms with Gasteiger partial charge >= 0.3 is 211 Å². The van der Waals surface area contributed by atoms with E-state index in [4.69, 9.17) is 0 Å². The molecule has 11 heterocycles. The first-order valence-corrected chi connectivity index (χ1v) is 22.5. The zero-order valence-corrected chi connectivity index (χ0v) is 23.1. The van der Waals surface area contributed by atoms with Gasteiger partial charge in [0.1, 0.15) is 0 Å². The summed E-state index contributed by atoms with van der Waals surface area (Å²) in [6, 6.07) is 23.3. The zero-order chi connectivity index (χ0) is 23.7. The van der Waals surface area contributed by atoms with Crippen molar-refractivity contribution in [1.29, 1.82) is 0 Å². The van der Waals surface area contributed by atoms with Crippen molar-refractivity contribution in [3.8, 4) is 0 Å². The van der Waals surface area contributed by atoms with Gasteiger partial charge in [0.2, 0.25) is 0 Å². The Bertz CT molecular complexity index is 1890. The van der Waals surface area contributed by atoms with Crippen molar-refractivity contribution >= 4 is 18.5 Å². The molecule has 0 saturated carbocycles. The van der Waals surface area contributed by atoms with Gasteiger partial charge in [0, 0.05) is 0 Å². The Balaban J connectivity index is 1.06. The summed E-state index contributed by atoms with van der Waals surface area (Å²) in [5, 5.41) is 6.99. The molecule has 10 saturated heterocycles. The fourth-order valence-electron chi connectivity index (χ4n) is 21.1. The Morgan fingerprint density at radius 2 is 1.43 bits per heavy atom. The average molecular weight is 544 g/mol. The van der Waals surface area contributed by atoms with Crippen molar-refractivity contribution in [3.63, 3.8) is 0 Å². The molecule has 12 aliphatic rings. The van der Waals surface area contributed by atoms with E-state index < -0.39 is 14.4 Å². The van der Waals surface area contributed by atoms with Crippen LogP contribution in [0.25, 0.3) is 0 Å². The molecule has 0 aromatic heterocycles. The molecule has 1 aliphatic carbocycles. The third-order valence-electron chi connectivity index (χ3n) is 20.2. The van der Waals surface area contributed by atoms with Crippen LogP contribution in [0, 0.1) is 0 Å². The summed E-state index contributed by atoms with van der Waals surface area (Å²) in [5.74, 6) is 0.564. The predicted molar refractivity (Wildman–Crippen MR) is 148 cm³/mol. The molecule has 1 spiro atoms. The standard InChI is InChI=1S/C28H28N2P.C5H5.Fe/c1-22(31(25-16-4-2-5-17-25)26-18-6-3-7-19-26)30(24-14-8-9-15-24)27-20-10-12-23-13-11-21-29-28(23)27;1-2-4-5-3-1;/h2-9,11,13-19,21-22,29H,10,12,20H2,1H3;1-5H;.